The molecule has 0 saturated carbocycles. The van der Waals surface area contributed by atoms with Gasteiger partial charge in [0, 0.05) is 32.8 Å². The van der Waals surface area contributed by atoms with E-state index in [1.165, 1.54) is 0 Å². The minimum absolute atomic E-state index is 0.101. The van der Waals surface area contributed by atoms with Crippen LogP contribution in [0.4, 0.5) is 11.4 Å². The second-order valence-electron chi connectivity index (χ2n) is 4.73. The first-order valence-corrected chi connectivity index (χ1v) is 6.71. The Kier molecular flexibility index (Phi) is 6.41. The highest BCUT2D eigenvalue weighted by atomic mass is 16.6. The van der Waals surface area contributed by atoms with E-state index in [9.17, 15) is 10.1 Å². The van der Waals surface area contributed by atoms with Crippen LogP contribution in [0.25, 0.3) is 0 Å². The number of ether oxygens (including phenoxy) is 1. The highest BCUT2D eigenvalue weighted by Gasteiger charge is 2.16. The predicted octanol–water partition coefficient (Wildman–Crippen LogP) is 2.49. The molecule has 0 saturated heterocycles. The summed E-state index contributed by atoms with van der Waals surface area (Å²) in [7, 11) is 3.38. The Labute approximate surface area is 119 Å². The summed E-state index contributed by atoms with van der Waals surface area (Å²) >= 11 is 0. The molecule has 0 aliphatic heterocycles. The molecule has 1 unspecified atom stereocenters. The lowest BCUT2D eigenvalue weighted by molar-refractivity contribution is -0.384. The summed E-state index contributed by atoms with van der Waals surface area (Å²) in [5, 5.41) is 13.8. The number of hydrogen-bond acceptors (Lipinski definition) is 5. The summed E-state index contributed by atoms with van der Waals surface area (Å²) < 4.78 is 5.18. The normalized spacial score (nSPS) is 12.4. The molecule has 0 bridgehead atoms. The van der Waals surface area contributed by atoms with Crippen molar-refractivity contribution in [1.82, 2.24) is 4.90 Å². The molecule has 112 valence electrons. The van der Waals surface area contributed by atoms with Crippen LogP contribution in [-0.2, 0) is 11.3 Å². The van der Waals surface area contributed by atoms with E-state index < -0.39 is 0 Å². The Hall–Kier alpha value is -1.66. The molecule has 6 nitrogen and oxygen atoms in total. The van der Waals surface area contributed by atoms with Crippen LogP contribution in [-0.4, -0.2) is 43.2 Å². The smallest absolute Gasteiger partial charge is 0.292 e. The molecule has 0 radical (unpaired) electrons. The Bertz CT molecular complexity index is 451. The number of hydrogen-bond donors (Lipinski definition) is 1. The Balaban J connectivity index is 2.89. The van der Waals surface area contributed by atoms with Crippen molar-refractivity contribution in [2.45, 2.75) is 26.4 Å². The summed E-state index contributed by atoms with van der Waals surface area (Å²) in [4.78, 5) is 12.8. The van der Waals surface area contributed by atoms with Crippen molar-refractivity contribution in [3.05, 3.63) is 33.9 Å². The molecule has 0 aromatic heterocycles. The van der Waals surface area contributed by atoms with Gasteiger partial charge in [-0.05, 0) is 25.1 Å². The van der Waals surface area contributed by atoms with Crippen molar-refractivity contribution in [2.75, 3.05) is 32.6 Å². The molecule has 0 amide bonds. The number of nitrogens with one attached hydrogen (secondary N) is 1. The quantitative estimate of drug-likeness (QED) is 0.585. The van der Waals surface area contributed by atoms with Gasteiger partial charge in [0.2, 0.25) is 0 Å². The lowest BCUT2D eigenvalue weighted by Crippen LogP contribution is -2.35. The van der Waals surface area contributed by atoms with Crippen molar-refractivity contribution >= 4 is 11.4 Å². The maximum absolute atomic E-state index is 10.9. The van der Waals surface area contributed by atoms with Crippen LogP contribution in [0.1, 0.15) is 19.4 Å². The third-order valence-electron chi connectivity index (χ3n) is 3.35. The minimum atomic E-state index is -0.374. The van der Waals surface area contributed by atoms with Gasteiger partial charge in [0.15, 0.2) is 0 Å². The van der Waals surface area contributed by atoms with E-state index in [2.05, 4.69) is 24.1 Å². The first-order chi connectivity index (χ1) is 9.53. The van der Waals surface area contributed by atoms with Gasteiger partial charge in [0.25, 0.3) is 5.69 Å². The highest BCUT2D eigenvalue weighted by Crippen LogP contribution is 2.25. The maximum atomic E-state index is 10.9. The number of benzene rings is 1. The number of methoxy groups -OCH3 is 1. The van der Waals surface area contributed by atoms with Gasteiger partial charge in [-0.2, -0.15) is 0 Å². The second kappa shape index (κ2) is 7.81. The van der Waals surface area contributed by atoms with Crippen LogP contribution in [0.15, 0.2) is 18.2 Å². The number of likely N-dealkylation sites (N-methyl/N-ethyl adjacent to an activating group) is 1. The van der Waals surface area contributed by atoms with Gasteiger partial charge in [-0.3, -0.25) is 15.0 Å². The third kappa shape index (κ3) is 4.18. The first kappa shape index (κ1) is 16.4. The van der Waals surface area contributed by atoms with Gasteiger partial charge >= 0.3 is 0 Å². The average molecular weight is 281 g/mol. The monoisotopic (exact) mass is 281 g/mol. The van der Waals surface area contributed by atoms with Crippen LogP contribution in [0.3, 0.4) is 0 Å². The maximum Gasteiger partial charge on any atom is 0.292 e. The Morgan fingerprint density at radius 3 is 2.70 bits per heavy atom. The van der Waals surface area contributed by atoms with Crippen LogP contribution < -0.4 is 5.32 Å². The van der Waals surface area contributed by atoms with Crippen LogP contribution in [0, 0.1) is 10.1 Å². The van der Waals surface area contributed by atoms with E-state index in [1.54, 1.807) is 26.3 Å². The number of nitro benzene ring substituents is 1. The zero-order valence-electron chi connectivity index (χ0n) is 12.5. The predicted molar refractivity (Wildman–Crippen MR) is 80.1 cm³/mol. The first-order valence-electron chi connectivity index (χ1n) is 6.71. The summed E-state index contributed by atoms with van der Waals surface area (Å²) in [6.07, 6.45) is 0. The van der Waals surface area contributed by atoms with Crippen molar-refractivity contribution < 1.29 is 9.66 Å². The van der Waals surface area contributed by atoms with Gasteiger partial charge in [-0.1, -0.05) is 13.0 Å². The Morgan fingerprint density at radius 1 is 1.50 bits per heavy atom. The third-order valence-corrected chi connectivity index (χ3v) is 3.35. The fraction of sp³-hybridized carbons (Fsp3) is 0.571. The van der Waals surface area contributed by atoms with Crippen molar-refractivity contribution in [1.29, 1.82) is 0 Å². The van der Waals surface area contributed by atoms with Crippen molar-refractivity contribution in [2.24, 2.45) is 0 Å². The summed E-state index contributed by atoms with van der Waals surface area (Å²) in [5.41, 5.74) is 1.69. The van der Waals surface area contributed by atoms with E-state index in [1.807, 2.05) is 6.07 Å². The molecule has 0 aliphatic rings. The molecule has 6 heteroatoms. The SMILES string of the molecule is CCN(Cc1ccc([N+](=O)[O-])c(NC)c1)C(C)COC. The molecular weight excluding hydrogens is 258 g/mol. The minimum Gasteiger partial charge on any atom is -0.383 e. The topological polar surface area (TPSA) is 67.6 Å². The van der Waals surface area contributed by atoms with Gasteiger partial charge in [-0.25, -0.2) is 0 Å². The van der Waals surface area contributed by atoms with E-state index >= 15 is 0 Å². The fourth-order valence-electron chi connectivity index (χ4n) is 2.20. The summed E-state index contributed by atoms with van der Waals surface area (Å²) in [6.45, 7) is 6.51. The number of nitrogens with zero attached hydrogens (tertiary/aromatic N) is 2. The van der Waals surface area contributed by atoms with Crippen molar-refractivity contribution in [3.8, 4) is 0 Å². The average Bonchev–Trinajstić information content (AvgIpc) is 2.44. The van der Waals surface area contributed by atoms with Crippen LogP contribution in [0.5, 0.6) is 0 Å². The molecule has 1 atom stereocenters. The van der Waals surface area contributed by atoms with Crippen LogP contribution >= 0.6 is 0 Å². The van der Waals surface area contributed by atoms with E-state index in [4.69, 9.17) is 4.74 Å². The Morgan fingerprint density at radius 2 is 2.20 bits per heavy atom. The van der Waals surface area contributed by atoms with Gasteiger partial charge in [0.05, 0.1) is 11.5 Å². The zero-order chi connectivity index (χ0) is 15.1. The summed E-state index contributed by atoms with van der Waals surface area (Å²) in [5.74, 6) is 0. The van der Waals surface area contributed by atoms with Gasteiger partial charge in [0.1, 0.15) is 5.69 Å². The van der Waals surface area contributed by atoms with Gasteiger partial charge in [-0.15, -0.1) is 0 Å². The van der Waals surface area contributed by atoms with Crippen LogP contribution in [0.2, 0.25) is 0 Å². The largest absolute Gasteiger partial charge is 0.383 e. The van der Waals surface area contributed by atoms with E-state index in [-0.39, 0.29) is 10.6 Å². The zero-order valence-corrected chi connectivity index (χ0v) is 12.5. The number of rotatable bonds is 8. The molecule has 0 fully saturated rings. The fourth-order valence-corrected chi connectivity index (χ4v) is 2.20. The van der Waals surface area contributed by atoms with Crippen molar-refractivity contribution in [3.63, 3.8) is 0 Å². The molecule has 20 heavy (non-hydrogen) atoms. The van der Waals surface area contributed by atoms with E-state index in [0.717, 1.165) is 18.7 Å². The molecular formula is C14H23N3O3. The highest BCUT2D eigenvalue weighted by molar-refractivity contribution is 5.62. The molecule has 1 N–H and O–H groups in total. The molecule has 0 aliphatic carbocycles. The summed E-state index contributed by atoms with van der Waals surface area (Å²) in [6, 6.07) is 5.50. The molecule has 1 rings (SSSR count). The van der Waals surface area contributed by atoms with Gasteiger partial charge < -0.3 is 10.1 Å². The lowest BCUT2D eigenvalue weighted by atomic mass is 10.1. The molecule has 1 aromatic rings. The molecule has 0 spiro atoms. The lowest BCUT2D eigenvalue weighted by Gasteiger charge is -2.27. The molecule has 1 aromatic carbocycles. The van der Waals surface area contributed by atoms with E-state index in [0.29, 0.717) is 18.3 Å². The second-order valence-corrected chi connectivity index (χ2v) is 4.73. The number of anilines is 1. The molecule has 0 heterocycles. The standard InChI is InChI=1S/C14H23N3O3/c1-5-16(11(2)10-20-4)9-12-6-7-14(17(18)19)13(8-12)15-3/h6-8,11,15H,5,9-10H2,1-4H3. The number of nitro groups is 1.